The highest BCUT2D eigenvalue weighted by molar-refractivity contribution is 5.94. The van der Waals surface area contributed by atoms with Crippen molar-refractivity contribution >= 4 is 17.6 Å². The molecule has 0 bridgehead atoms. The van der Waals surface area contributed by atoms with Gasteiger partial charge in [-0.3, -0.25) is 14.9 Å². The normalized spacial score (nSPS) is 16.6. The number of nitrogens with zero attached hydrogens (tertiary/aromatic N) is 1. The Bertz CT molecular complexity index is 925. The highest BCUT2D eigenvalue weighted by atomic mass is 16.6. The van der Waals surface area contributed by atoms with Gasteiger partial charge in [0.1, 0.15) is 0 Å². The SMILES string of the molecule is Cc1c(C(=O)O[C@H](C)C(=O)N[C@H]2CCCc3ccccc32)cccc1[N+](=O)[O-]. The predicted octanol–water partition coefficient (Wildman–Crippen LogP) is 3.64. The summed E-state index contributed by atoms with van der Waals surface area (Å²) in [5, 5.41) is 14.0. The van der Waals surface area contributed by atoms with E-state index in [0.717, 1.165) is 24.8 Å². The van der Waals surface area contributed by atoms with E-state index in [-0.39, 0.29) is 22.9 Å². The standard InChI is InChI=1S/C21H22N2O5/c1-13-16(10-6-12-19(13)23(26)27)21(25)28-14(2)20(24)22-18-11-5-8-15-7-3-4-9-17(15)18/h3-4,6-7,9-10,12,14,18H,5,8,11H2,1-2H3,(H,22,24)/t14-,18+/m1/s1. The summed E-state index contributed by atoms with van der Waals surface area (Å²) in [6.45, 7) is 2.98. The van der Waals surface area contributed by atoms with E-state index in [4.69, 9.17) is 4.74 Å². The van der Waals surface area contributed by atoms with Gasteiger partial charge in [-0.15, -0.1) is 0 Å². The largest absolute Gasteiger partial charge is 0.449 e. The Labute approximate surface area is 162 Å². The summed E-state index contributed by atoms with van der Waals surface area (Å²) in [6, 6.07) is 12.1. The Kier molecular flexibility index (Phi) is 5.73. The Morgan fingerprint density at radius 1 is 1.21 bits per heavy atom. The quantitative estimate of drug-likeness (QED) is 0.484. The average molecular weight is 382 g/mol. The number of carbonyl (C=O) groups excluding carboxylic acids is 2. The van der Waals surface area contributed by atoms with Crippen LogP contribution in [0, 0.1) is 17.0 Å². The van der Waals surface area contributed by atoms with Crippen molar-refractivity contribution in [3.8, 4) is 0 Å². The van der Waals surface area contributed by atoms with Crippen molar-refractivity contribution < 1.29 is 19.2 Å². The molecule has 1 amide bonds. The van der Waals surface area contributed by atoms with Gasteiger partial charge in [0.05, 0.1) is 16.5 Å². The fourth-order valence-electron chi connectivity index (χ4n) is 3.51. The molecule has 0 spiro atoms. The number of fused-ring (bicyclic) bond motifs is 1. The van der Waals surface area contributed by atoms with Crippen molar-refractivity contribution in [1.29, 1.82) is 0 Å². The molecule has 0 radical (unpaired) electrons. The van der Waals surface area contributed by atoms with E-state index in [9.17, 15) is 19.7 Å². The van der Waals surface area contributed by atoms with Gasteiger partial charge >= 0.3 is 5.97 Å². The lowest BCUT2D eigenvalue weighted by Gasteiger charge is -2.27. The predicted molar refractivity (Wildman–Crippen MR) is 103 cm³/mol. The minimum absolute atomic E-state index is 0.0804. The van der Waals surface area contributed by atoms with E-state index in [1.54, 1.807) is 0 Å². The third-order valence-corrected chi connectivity index (χ3v) is 5.06. The zero-order valence-corrected chi connectivity index (χ0v) is 15.8. The van der Waals surface area contributed by atoms with Crippen LogP contribution < -0.4 is 5.32 Å². The van der Waals surface area contributed by atoms with Crippen LogP contribution in [0.5, 0.6) is 0 Å². The molecule has 0 unspecified atom stereocenters. The average Bonchev–Trinajstić information content (AvgIpc) is 2.68. The summed E-state index contributed by atoms with van der Waals surface area (Å²) in [4.78, 5) is 35.5. The van der Waals surface area contributed by atoms with Gasteiger partial charge in [-0.05, 0) is 50.3 Å². The van der Waals surface area contributed by atoms with Crippen LogP contribution >= 0.6 is 0 Å². The number of hydrogen-bond donors (Lipinski definition) is 1. The first kappa shape index (κ1) is 19.5. The molecular formula is C21H22N2O5. The Morgan fingerprint density at radius 2 is 1.96 bits per heavy atom. The molecule has 0 saturated carbocycles. The molecule has 2 aromatic rings. The van der Waals surface area contributed by atoms with Gasteiger partial charge < -0.3 is 10.1 Å². The molecule has 0 saturated heterocycles. The summed E-state index contributed by atoms with van der Waals surface area (Å²) < 4.78 is 5.27. The molecule has 0 aromatic heterocycles. The number of aryl methyl sites for hydroxylation is 1. The first-order chi connectivity index (χ1) is 13.4. The Hall–Kier alpha value is -3.22. The van der Waals surface area contributed by atoms with E-state index >= 15 is 0 Å². The molecule has 28 heavy (non-hydrogen) atoms. The van der Waals surface area contributed by atoms with Crippen LogP contribution in [0.3, 0.4) is 0 Å². The highest BCUT2D eigenvalue weighted by Crippen LogP contribution is 2.29. The van der Waals surface area contributed by atoms with Crippen molar-refractivity contribution in [1.82, 2.24) is 5.32 Å². The molecule has 0 fully saturated rings. The van der Waals surface area contributed by atoms with Crippen molar-refractivity contribution in [3.05, 3.63) is 74.8 Å². The summed E-state index contributed by atoms with van der Waals surface area (Å²) in [5.41, 5.74) is 2.44. The van der Waals surface area contributed by atoms with Gasteiger partial charge in [-0.25, -0.2) is 4.79 Å². The summed E-state index contributed by atoms with van der Waals surface area (Å²) in [5.74, 6) is -1.15. The van der Waals surface area contributed by atoms with Crippen LogP contribution in [0.1, 0.15) is 52.9 Å². The van der Waals surface area contributed by atoms with E-state index in [1.807, 2.05) is 18.2 Å². The molecule has 7 heteroatoms. The van der Waals surface area contributed by atoms with Gasteiger partial charge in [0.15, 0.2) is 6.10 Å². The van der Waals surface area contributed by atoms with Crippen LogP contribution in [-0.4, -0.2) is 22.9 Å². The van der Waals surface area contributed by atoms with E-state index in [0.29, 0.717) is 0 Å². The fourth-order valence-corrected chi connectivity index (χ4v) is 3.51. The zero-order chi connectivity index (χ0) is 20.3. The van der Waals surface area contributed by atoms with Crippen molar-refractivity contribution in [3.63, 3.8) is 0 Å². The number of nitrogens with one attached hydrogen (secondary N) is 1. The number of amides is 1. The van der Waals surface area contributed by atoms with E-state index in [1.165, 1.54) is 37.6 Å². The lowest BCUT2D eigenvalue weighted by atomic mass is 9.87. The summed E-state index contributed by atoms with van der Waals surface area (Å²) in [6.07, 6.45) is 1.77. The van der Waals surface area contributed by atoms with Crippen LogP contribution in [0.2, 0.25) is 0 Å². The molecule has 1 aliphatic carbocycles. The molecule has 2 atom stereocenters. The monoisotopic (exact) mass is 382 g/mol. The molecule has 0 aliphatic heterocycles. The van der Waals surface area contributed by atoms with E-state index in [2.05, 4.69) is 11.4 Å². The van der Waals surface area contributed by atoms with Gasteiger partial charge in [0.25, 0.3) is 11.6 Å². The van der Waals surface area contributed by atoms with Crippen molar-refractivity contribution in [2.24, 2.45) is 0 Å². The lowest BCUT2D eigenvalue weighted by molar-refractivity contribution is -0.385. The number of hydrogen-bond acceptors (Lipinski definition) is 5. The molecule has 0 heterocycles. The first-order valence-electron chi connectivity index (χ1n) is 9.21. The number of benzene rings is 2. The maximum Gasteiger partial charge on any atom is 0.339 e. The maximum atomic E-state index is 12.6. The second-order valence-electron chi connectivity index (χ2n) is 6.91. The van der Waals surface area contributed by atoms with Crippen molar-refractivity contribution in [2.75, 3.05) is 0 Å². The van der Waals surface area contributed by atoms with Gasteiger partial charge in [0.2, 0.25) is 0 Å². The number of nitro groups is 1. The molecule has 146 valence electrons. The van der Waals surface area contributed by atoms with Gasteiger partial charge in [-0.1, -0.05) is 30.3 Å². The van der Waals surface area contributed by atoms with Crippen LogP contribution in [0.25, 0.3) is 0 Å². The Morgan fingerprint density at radius 3 is 2.71 bits per heavy atom. The minimum atomic E-state index is -1.01. The number of carbonyl (C=O) groups is 2. The van der Waals surface area contributed by atoms with Crippen LogP contribution in [-0.2, 0) is 16.0 Å². The maximum absolute atomic E-state index is 12.6. The second kappa shape index (κ2) is 8.21. The topological polar surface area (TPSA) is 98.5 Å². The van der Waals surface area contributed by atoms with E-state index < -0.39 is 22.9 Å². The lowest BCUT2D eigenvalue weighted by Crippen LogP contribution is -2.39. The van der Waals surface area contributed by atoms with Gasteiger partial charge in [-0.2, -0.15) is 0 Å². The summed E-state index contributed by atoms with van der Waals surface area (Å²) >= 11 is 0. The van der Waals surface area contributed by atoms with Crippen LogP contribution in [0.15, 0.2) is 42.5 Å². The minimum Gasteiger partial charge on any atom is -0.449 e. The Balaban J connectivity index is 1.68. The first-order valence-corrected chi connectivity index (χ1v) is 9.21. The molecule has 1 aliphatic rings. The zero-order valence-electron chi connectivity index (χ0n) is 15.8. The third kappa shape index (κ3) is 4.03. The van der Waals surface area contributed by atoms with Crippen LogP contribution in [0.4, 0.5) is 5.69 Å². The highest BCUT2D eigenvalue weighted by Gasteiger charge is 2.27. The fraction of sp³-hybridized carbons (Fsp3) is 0.333. The molecule has 7 nitrogen and oxygen atoms in total. The number of rotatable bonds is 5. The molecule has 2 aromatic carbocycles. The summed E-state index contributed by atoms with van der Waals surface area (Å²) in [7, 11) is 0. The molecule has 3 rings (SSSR count). The number of esters is 1. The smallest absolute Gasteiger partial charge is 0.339 e. The third-order valence-electron chi connectivity index (χ3n) is 5.06. The number of ether oxygens (including phenoxy) is 1. The molecule has 1 N–H and O–H groups in total. The van der Waals surface area contributed by atoms with Crippen molar-refractivity contribution in [2.45, 2.75) is 45.3 Å². The second-order valence-corrected chi connectivity index (χ2v) is 6.91. The number of nitro benzene ring substituents is 1. The molecular weight excluding hydrogens is 360 g/mol. The van der Waals surface area contributed by atoms with Gasteiger partial charge in [0, 0.05) is 11.6 Å².